The Morgan fingerprint density at radius 1 is 1.17 bits per heavy atom. The molecule has 3 aromatic rings. The molecule has 0 radical (unpaired) electrons. The highest BCUT2D eigenvalue weighted by molar-refractivity contribution is 6.00. The van der Waals surface area contributed by atoms with E-state index in [9.17, 15) is 19.2 Å². The van der Waals surface area contributed by atoms with Gasteiger partial charge in [-0.15, -0.1) is 0 Å². The number of aromatic nitrogens is 3. The first kappa shape index (κ1) is 18.6. The van der Waals surface area contributed by atoms with E-state index in [1.807, 2.05) is 12.1 Å². The van der Waals surface area contributed by atoms with Crippen molar-refractivity contribution in [2.45, 2.75) is 25.3 Å². The van der Waals surface area contributed by atoms with E-state index in [0.717, 1.165) is 11.1 Å². The minimum absolute atomic E-state index is 0.150. The Morgan fingerprint density at radius 2 is 1.93 bits per heavy atom. The molecular weight excluding hydrogens is 376 g/mol. The van der Waals surface area contributed by atoms with Crippen LogP contribution in [0.5, 0.6) is 0 Å². The van der Waals surface area contributed by atoms with E-state index in [2.05, 4.69) is 10.3 Å². The lowest BCUT2D eigenvalue weighted by Gasteiger charge is -2.21. The second-order valence-electron chi connectivity index (χ2n) is 6.99. The number of carbonyl (C=O) groups excluding carboxylic acids is 2. The molecule has 0 saturated carbocycles. The van der Waals surface area contributed by atoms with Gasteiger partial charge in [0.1, 0.15) is 6.04 Å². The minimum atomic E-state index is -0.948. The normalized spacial score (nSPS) is 16.8. The summed E-state index contributed by atoms with van der Waals surface area (Å²) in [5.41, 5.74) is 2.96. The summed E-state index contributed by atoms with van der Waals surface area (Å²) in [6.45, 7) is 0. The third-order valence-corrected chi connectivity index (χ3v) is 5.10. The predicted octanol–water partition coefficient (Wildman–Crippen LogP) is 1.01. The smallest absolute Gasteiger partial charge is 0.329 e. The molecule has 1 unspecified atom stereocenters. The lowest BCUT2D eigenvalue weighted by Crippen LogP contribution is -2.44. The van der Waals surface area contributed by atoms with E-state index in [0.29, 0.717) is 16.7 Å². The number of benzene rings is 1. The van der Waals surface area contributed by atoms with E-state index in [1.165, 1.54) is 9.13 Å². The van der Waals surface area contributed by atoms with Gasteiger partial charge in [-0.1, -0.05) is 12.1 Å². The maximum Gasteiger partial charge on any atom is 0.329 e. The molecule has 0 bridgehead atoms. The van der Waals surface area contributed by atoms with Crippen LogP contribution in [0.1, 0.15) is 24.6 Å². The van der Waals surface area contributed by atoms with Crippen LogP contribution >= 0.6 is 0 Å². The second kappa shape index (κ2) is 7.01. The van der Waals surface area contributed by atoms with E-state index >= 15 is 0 Å². The van der Waals surface area contributed by atoms with Crippen LogP contribution in [0.3, 0.4) is 0 Å². The number of hydrogen-bond donors (Lipinski definition) is 2. The van der Waals surface area contributed by atoms with Gasteiger partial charge in [0.2, 0.25) is 11.8 Å². The molecule has 9 nitrogen and oxygen atoms in total. The highest BCUT2D eigenvalue weighted by Crippen LogP contribution is 2.27. The Kier molecular flexibility index (Phi) is 4.50. The van der Waals surface area contributed by atoms with Crippen molar-refractivity contribution >= 4 is 28.8 Å². The van der Waals surface area contributed by atoms with Gasteiger partial charge in [0.25, 0.3) is 0 Å². The van der Waals surface area contributed by atoms with Crippen LogP contribution in [-0.2, 0) is 27.9 Å². The quantitative estimate of drug-likeness (QED) is 0.637. The van der Waals surface area contributed by atoms with Crippen molar-refractivity contribution in [2.75, 3.05) is 0 Å². The van der Waals surface area contributed by atoms with Crippen molar-refractivity contribution in [3.05, 3.63) is 52.7 Å². The van der Waals surface area contributed by atoms with E-state index < -0.39 is 17.9 Å². The summed E-state index contributed by atoms with van der Waals surface area (Å²) in [5.74, 6) is -1.75. The monoisotopic (exact) mass is 394 g/mol. The molecule has 2 N–H and O–H groups in total. The average molecular weight is 394 g/mol. The molecule has 0 spiro atoms. The third-order valence-electron chi connectivity index (χ3n) is 5.10. The number of piperidine rings is 1. The Labute approximate surface area is 164 Å². The van der Waals surface area contributed by atoms with Crippen LogP contribution in [0.2, 0.25) is 0 Å². The van der Waals surface area contributed by atoms with Crippen molar-refractivity contribution in [2.24, 2.45) is 7.05 Å². The number of aliphatic carboxylic acids is 1. The zero-order valence-corrected chi connectivity index (χ0v) is 15.6. The molecule has 1 fully saturated rings. The average Bonchev–Trinajstić information content (AvgIpc) is 2.93. The summed E-state index contributed by atoms with van der Waals surface area (Å²) in [4.78, 5) is 51.4. The largest absolute Gasteiger partial charge is 0.481 e. The molecule has 0 aliphatic carbocycles. The van der Waals surface area contributed by atoms with Crippen molar-refractivity contribution in [1.29, 1.82) is 0 Å². The van der Waals surface area contributed by atoms with E-state index in [1.54, 1.807) is 31.4 Å². The summed E-state index contributed by atoms with van der Waals surface area (Å²) in [7, 11) is 1.63. The number of nitrogens with one attached hydrogen (secondary N) is 1. The molecule has 4 rings (SSSR count). The van der Waals surface area contributed by atoms with Crippen molar-refractivity contribution in [3.63, 3.8) is 0 Å². The van der Waals surface area contributed by atoms with Gasteiger partial charge in [0.05, 0.1) is 23.1 Å². The van der Waals surface area contributed by atoms with E-state index in [4.69, 9.17) is 5.11 Å². The molecule has 3 heterocycles. The maximum atomic E-state index is 12.8. The molecule has 9 heteroatoms. The number of aryl methyl sites for hydroxylation is 1. The van der Waals surface area contributed by atoms with E-state index in [-0.39, 0.29) is 30.9 Å². The second-order valence-corrected chi connectivity index (χ2v) is 6.99. The third kappa shape index (κ3) is 3.31. The van der Waals surface area contributed by atoms with Gasteiger partial charge in [-0.2, -0.15) is 0 Å². The number of carbonyl (C=O) groups is 3. The summed E-state index contributed by atoms with van der Waals surface area (Å²) >= 11 is 0. The van der Waals surface area contributed by atoms with Crippen LogP contribution in [0.25, 0.3) is 22.2 Å². The van der Waals surface area contributed by atoms with Gasteiger partial charge in [0.15, 0.2) is 0 Å². The fraction of sp³-hybridized carbons (Fsp3) is 0.250. The van der Waals surface area contributed by atoms with Crippen LogP contribution in [0.15, 0.2) is 41.3 Å². The maximum absolute atomic E-state index is 12.8. The molecule has 1 atom stereocenters. The van der Waals surface area contributed by atoms with Crippen LogP contribution < -0.4 is 11.0 Å². The Hall–Kier alpha value is -3.75. The number of nitrogens with zero attached hydrogens (tertiary/aromatic N) is 3. The number of imide groups is 1. The van der Waals surface area contributed by atoms with Crippen molar-refractivity contribution < 1.29 is 19.5 Å². The zero-order chi connectivity index (χ0) is 20.7. The summed E-state index contributed by atoms with van der Waals surface area (Å²) < 4.78 is 2.89. The van der Waals surface area contributed by atoms with Crippen LogP contribution in [0, 0.1) is 0 Å². The Morgan fingerprint density at radius 3 is 2.59 bits per heavy atom. The van der Waals surface area contributed by atoms with Crippen LogP contribution in [-0.4, -0.2) is 37.0 Å². The number of rotatable bonds is 4. The number of carboxylic acids is 1. The van der Waals surface area contributed by atoms with Crippen molar-refractivity contribution in [3.8, 4) is 11.1 Å². The summed E-state index contributed by atoms with van der Waals surface area (Å²) in [6, 6.07) is 8.11. The van der Waals surface area contributed by atoms with Gasteiger partial charge in [0, 0.05) is 25.2 Å². The van der Waals surface area contributed by atoms with Gasteiger partial charge in [-0.05, 0) is 30.2 Å². The lowest BCUT2D eigenvalue weighted by molar-refractivity contribution is -0.137. The number of carboxylic acid groups (broad SMARTS) is 1. The van der Waals surface area contributed by atoms with Gasteiger partial charge < -0.3 is 5.11 Å². The standard InChI is InChI=1S/C20H18N4O5/c1-23-16-8-11(12-2-4-13(21-10-12)9-18(26)27)3-5-14(16)24(20(23)29)15-6-7-17(25)22-19(15)28/h2-5,8,10,15H,6-7,9H2,1H3,(H,26,27)(H,22,25,28). The molecule has 1 aromatic carbocycles. The highest BCUT2D eigenvalue weighted by atomic mass is 16.4. The van der Waals surface area contributed by atoms with Crippen LogP contribution in [0.4, 0.5) is 0 Å². The topological polar surface area (TPSA) is 123 Å². The molecule has 2 amide bonds. The molecule has 1 aliphatic heterocycles. The zero-order valence-electron chi connectivity index (χ0n) is 15.6. The number of amides is 2. The van der Waals surface area contributed by atoms with Gasteiger partial charge >= 0.3 is 11.7 Å². The highest BCUT2D eigenvalue weighted by Gasteiger charge is 2.31. The molecular formula is C20H18N4O5. The number of imidazole rings is 1. The predicted molar refractivity (Wildman–Crippen MR) is 103 cm³/mol. The lowest BCUT2D eigenvalue weighted by atomic mass is 10.0. The number of fused-ring (bicyclic) bond motifs is 1. The SMILES string of the molecule is Cn1c(=O)n(C2CCC(=O)NC2=O)c2ccc(-c3ccc(CC(=O)O)nc3)cc21. The first-order valence-electron chi connectivity index (χ1n) is 9.07. The van der Waals surface area contributed by atoms with Gasteiger partial charge in [-0.25, -0.2) is 4.79 Å². The Balaban J connectivity index is 1.75. The number of hydrogen-bond acceptors (Lipinski definition) is 5. The van der Waals surface area contributed by atoms with Gasteiger partial charge in [-0.3, -0.25) is 33.8 Å². The first-order valence-corrected chi connectivity index (χ1v) is 9.07. The number of pyridine rings is 1. The molecule has 148 valence electrons. The molecule has 1 aliphatic rings. The fourth-order valence-electron chi connectivity index (χ4n) is 3.63. The summed E-state index contributed by atoms with van der Waals surface area (Å²) in [6.07, 6.45) is 1.91. The molecule has 29 heavy (non-hydrogen) atoms. The first-order chi connectivity index (χ1) is 13.8. The van der Waals surface area contributed by atoms with Crippen molar-refractivity contribution in [1.82, 2.24) is 19.4 Å². The minimum Gasteiger partial charge on any atom is -0.481 e. The molecule has 1 saturated heterocycles. The Bertz CT molecular complexity index is 1210. The fourth-order valence-corrected chi connectivity index (χ4v) is 3.63. The summed E-state index contributed by atoms with van der Waals surface area (Å²) in [5, 5.41) is 11.1. The molecule has 2 aromatic heterocycles.